The van der Waals surface area contributed by atoms with Crippen LogP contribution < -0.4 is 4.46 Å². The molecule has 5 nitrogen and oxygen atoms in total. The Morgan fingerprint density at radius 2 is 1.66 bits per heavy atom. The zero-order valence-corrected chi connectivity index (χ0v) is 25.6. The summed E-state index contributed by atoms with van der Waals surface area (Å²) >= 11 is 0.167. The van der Waals surface area contributed by atoms with Crippen LogP contribution >= 0.6 is 7.60 Å². The second kappa shape index (κ2) is 11.0. The predicted molar refractivity (Wildman–Crippen MR) is 140 cm³/mol. The van der Waals surface area contributed by atoms with Crippen molar-refractivity contribution >= 4 is 49.1 Å². The number of hydrogen-bond acceptors (Lipinski definition) is 5. The molecule has 0 amide bonds. The maximum atomic E-state index is 14.1. The molecule has 1 saturated carbocycles. The summed E-state index contributed by atoms with van der Waals surface area (Å²) in [5, 5.41) is -1.17. The molecule has 2 rings (SSSR count). The third kappa shape index (κ3) is 6.68. The molecule has 1 aromatic rings. The topological polar surface area (TPSA) is 61.8 Å². The fourth-order valence-corrected chi connectivity index (χ4v) is 14.7. The second-order valence-electron chi connectivity index (χ2n) is 10.7. The van der Waals surface area contributed by atoms with E-state index in [1.54, 1.807) is 13.8 Å². The van der Waals surface area contributed by atoms with Gasteiger partial charge in [0, 0.05) is 0 Å². The first-order valence-corrected chi connectivity index (χ1v) is 22.3. The minimum atomic E-state index is -3.66. The fourth-order valence-electron chi connectivity index (χ4n) is 3.99. The molecular formula is C23H41O5PSeSi2. The number of rotatable bonds is 13. The Morgan fingerprint density at radius 3 is 2.12 bits per heavy atom. The van der Waals surface area contributed by atoms with Crippen LogP contribution in [0.25, 0.3) is 0 Å². The molecule has 1 aliphatic carbocycles. The van der Waals surface area contributed by atoms with Gasteiger partial charge in [0.25, 0.3) is 0 Å². The van der Waals surface area contributed by atoms with Crippen molar-refractivity contribution in [3.8, 4) is 0 Å². The Bertz CT molecular complexity index is 799. The van der Waals surface area contributed by atoms with E-state index in [0.717, 1.165) is 6.04 Å². The molecule has 182 valence electrons. The summed E-state index contributed by atoms with van der Waals surface area (Å²) < 4.78 is 33.1. The molecule has 3 atom stereocenters. The van der Waals surface area contributed by atoms with E-state index < -0.39 is 28.9 Å². The minimum absolute atomic E-state index is 0.0299. The summed E-state index contributed by atoms with van der Waals surface area (Å²) in [6.07, 6.45) is 0.527. The van der Waals surface area contributed by atoms with Crippen LogP contribution in [0.4, 0.5) is 0 Å². The number of carbonyl (C=O) groups excluding carboxylic acids is 1. The van der Waals surface area contributed by atoms with Crippen molar-refractivity contribution in [2.45, 2.75) is 75.2 Å². The van der Waals surface area contributed by atoms with E-state index in [9.17, 15) is 9.36 Å². The first kappa shape index (κ1) is 28.0. The van der Waals surface area contributed by atoms with Gasteiger partial charge in [0.1, 0.15) is 0 Å². The number of esters is 1. The van der Waals surface area contributed by atoms with Gasteiger partial charge in [-0.15, -0.1) is 0 Å². The average Bonchev–Trinajstić information content (AvgIpc) is 3.42. The van der Waals surface area contributed by atoms with Crippen LogP contribution in [0.3, 0.4) is 0 Å². The fraction of sp³-hybridized carbons (Fsp3) is 0.696. The molecule has 0 N–H and O–H groups in total. The van der Waals surface area contributed by atoms with Gasteiger partial charge in [-0.2, -0.15) is 0 Å². The standard InChI is InChI=1S/C23H41O5PSeSi2/c1-9-27-29(25,28-10-2)23(22(24)26-16-17-31(3,4)5)18-20(23)21(32(6,7)8)30-19-14-12-11-13-15-19/h11-15,20-21H,9-10,16-18H2,1-8H3/t20-,21?,23+/m1/s1. The summed E-state index contributed by atoms with van der Waals surface area (Å²) in [5.74, 6) is -0.407. The first-order valence-electron chi connectivity index (χ1n) is 11.6. The third-order valence-corrected chi connectivity index (χ3v) is 19.8. The van der Waals surface area contributed by atoms with E-state index in [-0.39, 0.29) is 40.1 Å². The second-order valence-corrected chi connectivity index (χ2v) is 27.5. The van der Waals surface area contributed by atoms with Crippen molar-refractivity contribution in [2.75, 3.05) is 19.8 Å². The van der Waals surface area contributed by atoms with Gasteiger partial charge in [-0.05, 0) is 0 Å². The molecule has 32 heavy (non-hydrogen) atoms. The average molecular weight is 564 g/mol. The van der Waals surface area contributed by atoms with E-state index in [1.165, 1.54) is 4.46 Å². The normalized spacial score (nSPS) is 22.4. The molecule has 9 heteroatoms. The van der Waals surface area contributed by atoms with Gasteiger partial charge in [0.2, 0.25) is 0 Å². The van der Waals surface area contributed by atoms with Gasteiger partial charge in [-0.1, -0.05) is 0 Å². The molecule has 0 spiro atoms. The number of hydrogen-bond donors (Lipinski definition) is 0. The Morgan fingerprint density at radius 1 is 1.09 bits per heavy atom. The van der Waals surface area contributed by atoms with Gasteiger partial charge in [0.15, 0.2) is 0 Å². The molecular weight excluding hydrogens is 522 g/mol. The number of benzene rings is 1. The molecule has 0 heterocycles. The Balaban J connectivity index is 2.40. The van der Waals surface area contributed by atoms with Crippen LogP contribution in [-0.4, -0.2) is 62.1 Å². The summed E-state index contributed by atoms with van der Waals surface area (Å²) in [6, 6.07) is 11.4. The summed E-state index contributed by atoms with van der Waals surface area (Å²) in [6.45, 7) is 18.3. The summed E-state index contributed by atoms with van der Waals surface area (Å²) in [5.41, 5.74) is 0. The van der Waals surface area contributed by atoms with Crippen molar-refractivity contribution in [1.82, 2.24) is 0 Å². The van der Waals surface area contributed by atoms with E-state index in [1.807, 2.05) is 6.07 Å². The number of ether oxygens (including phenoxy) is 1. The van der Waals surface area contributed by atoms with E-state index in [0.29, 0.717) is 17.5 Å². The van der Waals surface area contributed by atoms with E-state index in [2.05, 4.69) is 63.5 Å². The Hall–Kier alpha value is -0.207. The Kier molecular flexibility index (Phi) is 9.66. The zero-order chi connectivity index (χ0) is 24.2. The monoisotopic (exact) mass is 564 g/mol. The predicted octanol–water partition coefficient (Wildman–Crippen LogP) is 5.59. The van der Waals surface area contributed by atoms with Gasteiger partial charge in [-0.3, -0.25) is 0 Å². The van der Waals surface area contributed by atoms with Crippen LogP contribution in [-0.2, 0) is 23.1 Å². The molecule has 1 unspecified atom stereocenters. The zero-order valence-electron chi connectivity index (χ0n) is 21.0. The van der Waals surface area contributed by atoms with Crippen molar-refractivity contribution in [3.05, 3.63) is 30.3 Å². The van der Waals surface area contributed by atoms with E-state index >= 15 is 0 Å². The molecule has 0 bridgehead atoms. The quantitative estimate of drug-likeness (QED) is 0.178. The molecule has 0 radical (unpaired) electrons. The molecule has 0 saturated heterocycles. The first-order chi connectivity index (χ1) is 14.8. The van der Waals surface area contributed by atoms with Crippen molar-refractivity contribution in [2.24, 2.45) is 5.92 Å². The Labute approximate surface area is 203 Å². The van der Waals surface area contributed by atoms with Gasteiger partial charge in [-0.25, -0.2) is 0 Å². The van der Waals surface area contributed by atoms with Crippen molar-refractivity contribution in [1.29, 1.82) is 0 Å². The molecule has 0 aromatic heterocycles. The summed E-state index contributed by atoms with van der Waals surface area (Å²) in [7, 11) is -6.72. The third-order valence-electron chi connectivity index (χ3n) is 5.74. The van der Waals surface area contributed by atoms with Crippen LogP contribution in [0.1, 0.15) is 20.3 Å². The van der Waals surface area contributed by atoms with Gasteiger partial charge < -0.3 is 0 Å². The SMILES string of the molecule is CCOP(=O)(OCC)[C@@]1(C(=O)OCC[Si](C)(C)C)C[C@@H]1C([Se]c1ccccc1)[Si](C)(C)C. The van der Waals surface area contributed by atoms with Crippen LogP contribution in [0.15, 0.2) is 30.3 Å². The van der Waals surface area contributed by atoms with Crippen molar-refractivity contribution < 1.29 is 23.1 Å². The molecule has 1 fully saturated rings. The van der Waals surface area contributed by atoms with E-state index in [4.69, 9.17) is 13.8 Å². The molecule has 1 aliphatic rings. The molecule has 1 aromatic carbocycles. The van der Waals surface area contributed by atoms with Crippen LogP contribution in [0.2, 0.25) is 49.8 Å². The van der Waals surface area contributed by atoms with Gasteiger partial charge >= 0.3 is 204 Å². The van der Waals surface area contributed by atoms with Crippen LogP contribution in [0.5, 0.6) is 0 Å². The van der Waals surface area contributed by atoms with Crippen LogP contribution in [0, 0.1) is 5.92 Å². The van der Waals surface area contributed by atoms with Gasteiger partial charge in [0.05, 0.1) is 0 Å². The number of carbonyl (C=O) groups is 1. The summed E-state index contributed by atoms with van der Waals surface area (Å²) in [4.78, 5) is 13.6. The maximum absolute atomic E-state index is 14.1. The molecule has 0 aliphatic heterocycles. The van der Waals surface area contributed by atoms with Crippen molar-refractivity contribution in [3.63, 3.8) is 0 Å².